The summed E-state index contributed by atoms with van der Waals surface area (Å²) in [5.41, 5.74) is 9.28. The van der Waals surface area contributed by atoms with Gasteiger partial charge in [-0.2, -0.15) is 12.6 Å². The number of carbonyl (C=O) groups is 1. The van der Waals surface area contributed by atoms with E-state index in [2.05, 4.69) is 37.9 Å². The molecule has 1 aliphatic rings. The lowest BCUT2D eigenvalue weighted by Crippen LogP contribution is -2.72. The monoisotopic (exact) mass is 363 g/mol. The molecule has 1 amide bonds. The van der Waals surface area contributed by atoms with Crippen molar-refractivity contribution in [2.45, 2.75) is 64.6 Å². The van der Waals surface area contributed by atoms with Crippen molar-refractivity contribution in [1.82, 2.24) is 10.2 Å². The zero-order valence-corrected chi connectivity index (χ0v) is 16.7. The third-order valence-electron chi connectivity index (χ3n) is 5.45. The third kappa shape index (κ3) is 4.57. The summed E-state index contributed by atoms with van der Waals surface area (Å²) < 4.78 is 0. The molecule has 3 N–H and O–H groups in total. The van der Waals surface area contributed by atoms with Crippen molar-refractivity contribution >= 4 is 18.5 Å². The summed E-state index contributed by atoms with van der Waals surface area (Å²) in [5, 5.41) is 3.51. The van der Waals surface area contributed by atoms with Gasteiger partial charge in [0.15, 0.2) is 0 Å². The first-order chi connectivity index (χ1) is 11.9. The molecule has 25 heavy (non-hydrogen) atoms. The number of rotatable bonds is 7. The van der Waals surface area contributed by atoms with Crippen molar-refractivity contribution < 1.29 is 4.79 Å². The van der Waals surface area contributed by atoms with Gasteiger partial charge >= 0.3 is 0 Å². The molecule has 4 nitrogen and oxygen atoms in total. The molecule has 1 aromatic carbocycles. The first-order valence-electron chi connectivity index (χ1n) is 9.46. The molecule has 0 spiro atoms. The van der Waals surface area contributed by atoms with Crippen LogP contribution >= 0.6 is 12.6 Å². The predicted molar refractivity (Wildman–Crippen MR) is 108 cm³/mol. The minimum atomic E-state index is -0.509. The highest BCUT2D eigenvalue weighted by Crippen LogP contribution is 2.28. The SMILES string of the molecule is CCCC[C@]1(N)NCCN(C(=O)c2cccc(C)c2C)C1CCCS. The van der Waals surface area contributed by atoms with Crippen LogP contribution in [0, 0.1) is 13.8 Å². The summed E-state index contributed by atoms with van der Waals surface area (Å²) in [4.78, 5) is 15.3. The van der Waals surface area contributed by atoms with E-state index in [0.717, 1.165) is 61.1 Å². The molecule has 1 saturated heterocycles. The van der Waals surface area contributed by atoms with Crippen molar-refractivity contribution in [2.75, 3.05) is 18.8 Å². The highest BCUT2D eigenvalue weighted by Gasteiger charge is 2.42. The van der Waals surface area contributed by atoms with Gasteiger partial charge in [0, 0.05) is 18.7 Å². The molecule has 0 saturated carbocycles. The fourth-order valence-corrected chi connectivity index (χ4v) is 3.95. The van der Waals surface area contributed by atoms with Gasteiger partial charge < -0.3 is 10.6 Å². The average Bonchev–Trinajstić information content (AvgIpc) is 2.60. The Morgan fingerprint density at radius 2 is 2.16 bits per heavy atom. The zero-order chi connectivity index (χ0) is 18.4. The van der Waals surface area contributed by atoms with E-state index in [0.29, 0.717) is 6.54 Å². The smallest absolute Gasteiger partial charge is 0.254 e. The molecule has 2 rings (SSSR count). The van der Waals surface area contributed by atoms with Crippen LogP contribution in [0.2, 0.25) is 0 Å². The third-order valence-corrected chi connectivity index (χ3v) is 5.77. The summed E-state index contributed by atoms with van der Waals surface area (Å²) in [6, 6.07) is 5.96. The maximum atomic E-state index is 13.3. The second-order valence-electron chi connectivity index (χ2n) is 7.20. The lowest BCUT2D eigenvalue weighted by molar-refractivity contribution is 0.0315. The Kier molecular flexibility index (Phi) is 7.35. The van der Waals surface area contributed by atoms with Gasteiger partial charge in [0.2, 0.25) is 0 Å². The normalized spacial score (nSPS) is 23.7. The number of nitrogens with zero attached hydrogens (tertiary/aromatic N) is 1. The van der Waals surface area contributed by atoms with Gasteiger partial charge in [0.05, 0.1) is 11.7 Å². The van der Waals surface area contributed by atoms with Gasteiger partial charge in [-0.25, -0.2) is 0 Å². The standard InChI is InChI=1S/C20H33N3OS/c1-4-5-11-20(21)18(10-7-14-25)23(13-12-22-20)19(24)17-9-6-8-15(2)16(17)3/h6,8-9,18,22,25H,4-5,7,10-14,21H2,1-3H3/t18?,20-/m0/s1. The molecule has 0 radical (unpaired) electrons. The first-order valence-corrected chi connectivity index (χ1v) is 10.1. The van der Waals surface area contributed by atoms with Crippen molar-refractivity contribution in [3.05, 3.63) is 34.9 Å². The number of unbranched alkanes of at least 4 members (excludes halogenated alkanes) is 1. The number of hydrogen-bond acceptors (Lipinski definition) is 4. The maximum absolute atomic E-state index is 13.3. The molecule has 0 aliphatic carbocycles. The minimum absolute atomic E-state index is 0.00682. The van der Waals surface area contributed by atoms with Crippen LogP contribution in [0.4, 0.5) is 0 Å². The lowest BCUT2D eigenvalue weighted by atomic mass is 9.87. The van der Waals surface area contributed by atoms with Crippen LogP contribution in [0.5, 0.6) is 0 Å². The van der Waals surface area contributed by atoms with Gasteiger partial charge in [0.25, 0.3) is 5.91 Å². The zero-order valence-electron chi connectivity index (χ0n) is 15.8. The molecular weight excluding hydrogens is 330 g/mol. The summed E-state index contributed by atoms with van der Waals surface area (Å²) in [5.74, 6) is 0.921. The van der Waals surface area contributed by atoms with E-state index in [4.69, 9.17) is 5.73 Å². The van der Waals surface area contributed by atoms with E-state index in [1.54, 1.807) is 0 Å². The lowest BCUT2D eigenvalue weighted by Gasteiger charge is -2.49. The van der Waals surface area contributed by atoms with Gasteiger partial charge in [0.1, 0.15) is 0 Å². The second-order valence-corrected chi connectivity index (χ2v) is 7.65. The molecule has 2 atom stereocenters. The van der Waals surface area contributed by atoms with Crippen LogP contribution in [-0.4, -0.2) is 41.4 Å². The fourth-order valence-electron chi connectivity index (χ4n) is 3.76. The largest absolute Gasteiger partial charge is 0.331 e. The van der Waals surface area contributed by atoms with Crippen molar-refractivity contribution in [2.24, 2.45) is 5.73 Å². The van der Waals surface area contributed by atoms with Crippen LogP contribution in [0.3, 0.4) is 0 Å². The highest BCUT2D eigenvalue weighted by molar-refractivity contribution is 7.80. The number of nitrogens with two attached hydrogens (primary N) is 1. The van der Waals surface area contributed by atoms with E-state index >= 15 is 0 Å². The summed E-state index contributed by atoms with van der Waals surface area (Å²) in [7, 11) is 0. The van der Waals surface area contributed by atoms with Crippen LogP contribution in [0.1, 0.15) is 60.5 Å². The molecule has 1 heterocycles. The molecule has 5 heteroatoms. The maximum Gasteiger partial charge on any atom is 0.254 e. The summed E-state index contributed by atoms with van der Waals surface area (Å²) >= 11 is 4.36. The van der Waals surface area contributed by atoms with Gasteiger partial charge in [-0.15, -0.1) is 0 Å². The Hall–Kier alpha value is -1.04. The molecule has 1 aliphatic heterocycles. The molecule has 140 valence electrons. The van der Waals surface area contributed by atoms with Crippen LogP contribution in [0.15, 0.2) is 18.2 Å². The predicted octanol–water partition coefficient (Wildman–Crippen LogP) is 3.27. The van der Waals surface area contributed by atoms with Crippen LogP contribution < -0.4 is 11.1 Å². The van der Waals surface area contributed by atoms with Crippen molar-refractivity contribution in [3.8, 4) is 0 Å². The van der Waals surface area contributed by atoms with Gasteiger partial charge in [-0.1, -0.05) is 31.9 Å². The molecule has 0 bridgehead atoms. The number of hydrogen-bond donors (Lipinski definition) is 3. The molecule has 1 unspecified atom stereocenters. The van der Waals surface area contributed by atoms with E-state index in [-0.39, 0.29) is 11.9 Å². The van der Waals surface area contributed by atoms with Gasteiger partial charge in [-0.3, -0.25) is 10.1 Å². The number of thiol groups is 1. The van der Waals surface area contributed by atoms with Crippen LogP contribution in [0.25, 0.3) is 0 Å². The Balaban J connectivity index is 2.31. The fraction of sp³-hybridized carbons (Fsp3) is 0.650. The number of benzene rings is 1. The first kappa shape index (κ1) is 20.3. The summed E-state index contributed by atoms with van der Waals surface area (Å²) in [6.07, 6.45) is 4.89. The number of amides is 1. The molecule has 1 aromatic rings. The van der Waals surface area contributed by atoms with Crippen LogP contribution in [-0.2, 0) is 0 Å². The van der Waals surface area contributed by atoms with E-state index in [9.17, 15) is 4.79 Å². The second kappa shape index (κ2) is 9.06. The average molecular weight is 364 g/mol. The highest BCUT2D eigenvalue weighted by atomic mass is 32.1. The van der Waals surface area contributed by atoms with E-state index in [1.165, 1.54) is 0 Å². The molecule has 1 fully saturated rings. The number of piperazine rings is 1. The number of nitrogens with one attached hydrogen (secondary N) is 1. The van der Waals surface area contributed by atoms with Crippen molar-refractivity contribution in [1.29, 1.82) is 0 Å². The summed E-state index contributed by atoms with van der Waals surface area (Å²) in [6.45, 7) is 7.70. The Labute approximate surface area is 158 Å². The number of aryl methyl sites for hydroxylation is 1. The Morgan fingerprint density at radius 3 is 2.84 bits per heavy atom. The quantitative estimate of drug-likeness (QED) is 0.652. The van der Waals surface area contributed by atoms with Crippen molar-refractivity contribution in [3.63, 3.8) is 0 Å². The number of carbonyl (C=O) groups excluding carboxylic acids is 1. The topological polar surface area (TPSA) is 58.4 Å². The van der Waals surface area contributed by atoms with E-state index in [1.807, 2.05) is 24.0 Å². The minimum Gasteiger partial charge on any atom is -0.331 e. The van der Waals surface area contributed by atoms with Gasteiger partial charge in [-0.05, 0) is 56.1 Å². The Morgan fingerprint density at radius 1 is 1.40 bits per heavy atom. The van der Waals surface area contributed by atoms with E-state index < -0.39 is 5.66 Å². The molecular formula is C20H33N3OS. The molecule has 0 aromatic heterocycles. The Bertz CT molecular complexity index is 592.